The Hall–Kier alpha value is -3.43. The van der Waals surface area contributed by atoms with Crippen LogP contribution in [0.25, 0.3) is 10.9 Å². The number of nitrogens with zero attached hydrogens (tertiary/aromatic N) is 5. The molecule has 10 heteroatoms. The highest BCUT2D eigenvalue weighted by Gasteiger charge is 2.12. The zero-order valence-corrected chi connectivity index (χ0v) is 17.0. The van der Waals surface area contributed by atoms with Crippen LogP contribution in [0.15, 0.2) is 49.1 Å². The van der Waals surface area contributed by atoms with Crippen molar-refractivity contribution in [3.63, 3.8) is 0 Å². The van der Waals surface area contributed by atoms with Crippen LogP contribution in [0.4, 0.5) is 11.6 Å². The highest BCUT2D eigenvalue weighted by molar-refractivity contribution is 6.32. The summed E-state index contributed by atoms with van der Waals surface area (Å²) in [5.74, 6) is 2.47. The first-order valence-electron chi connectivity index (χ1n) is 9.14. The summed E-state index contributed by atoms with van der Waals surface area (Å²) in [6.45, 7) is 1.63. The summed E-state index contributed by atoms with van der Waals surface area (Å²) in [7, 11) is 1.84. The molecular formula is C20H19ClN6O3. The van der Waals surface area contributed by atoms with E-state index in [1.54, 1.807) is 29.8 Å². The molecule has 0 aliphatic heterocycles. The number of aryl methyl sites for hydroxylation is 1. The van der Waals surface area contributed by atoms with Crippen molar-refractivity contribution in [1.29, 1.82) is 0 Å². The molecule has 4 aromatic rings. The number of aromatic nitrogens is 5. The fourth-order valence-electron chi connectivity index (χ4n) is 2.73. The lowest BCUT2D eigenvalue weighted by Gasteiger charge is -2.13. The third-order valence-electron chi connectivity index (χ3n) is 4.16. The Morgan fingerprint density at radius 1 is 1.17 bits per heavy atom. The van der Waals surface area contributed by atoms with Crippen LogP contribution in [0.1, 0.15) is 6.92 Å². The summed E-state index contributed by atoms with van der Waals surface area (Å²) >= 11 is 6.29. The van der Waals surface area contributed by atoms with E-state index in [-0.39, 0.29) is 23.6 Å². The average Bonchev–Trinajstić information content (AvgIpc) is 3.15. The van der Waals surface area contributed by atoms with E-state index in [2.05, 4.69) is 25.4 Å². The van der Waals surface area contributed by atoms with Gasteiger partial charge in [-0.05, 0) is 25.1 Å². The maximum absolute atomic E-state index is 9.09. The van der Waals surface area contributed by atoms with Crippen molar-refractivity contribution in [2.45, 2.75) is 13.0 Å². The minimum absolute atomic E-state index is 0.107. The topological polar surface area (TPSA) is 107 Å². The van der Waals surface area contributed by atoms with Gasteiger partial charge in [0.15, 0.2) is 5.82 Å². The number of fused-ring (bicyclic) bond motifs is 1. The Morgan fingerprint density at radius 3 is 2.77 bits per heavy atom. The van der Waals surface area contributed by atoms with E-state index in [9.17, 15) is 0 Å². The molecular weight excluding hydrogens is 408 g/mol. The minimum atomic E-state index is -0.361. The molecule has 0 saturated heterocycles. The zero-order valence-electron chi connectivity index (χ0n) is 16.3. The standard InChI is InChI=1S/C20H19ClN6O3/c1-12(10-28)29-14-8-16(21)20(22-9-14)30-13-3-4-17-15(7-13)19(24-11-23-17)25-18-5-6-27(2)26-18/h3-9,11-12,28H,10H2,1-2H3,(H,23,24,25,26)/t12-/m1/s1. The van der Waals surface area contributed by atoms with Gasteiger partial charge in [0.2, 0.25) is 5.88 Å². The number of aliphatic hydroxyl groups excluding tert-OH is 1. The second kappa shape index (κ2) is 8.52. The predicted molar refractivity (Wildman–Crippen MR) is 113 cm³/mol. The van der Waals surface area contributed by atoms with Crippen molar-refractivity contribution in [2.75, 3.05) is 11.9 Å². The first kappa shape index (κ1) is 19.9. The van der Waals surface area contributed by atoms with Crippen LogP contribution in [0.3, 0.4) is 0 Å². The number of nitrogens with one attached hydrogen (secondary N) is 1. The van der Waals surface area contributed by atoms with Gasteiger partial charge in [-0.25, -0.2) is 15.0 Å². The van der Waals surface area contributed by atoms with Gasteiger partial charge in [0.1, 0.15) is 34.8 Å². The summed E-state index contributed by atoms with van der Waals surface area (Å²) in [6.07, 6.45) is 4.45. The van der Waals surface area contributed by atoms with E-state index >= 15 is 0 Å². The first-order chi connectivity index (χ1) is 14.5. The Morgan fingerprint density at radius 2 is 2.03 bits per heavy atom. The Labute approximate surface area is 177 Å². The van der Waals surface area contributed by atoms with Crippen molar-refractivity contribution in [3.05, 3.63) is 54.1 Å². The Kier molecular flexibility index (Phi) is 5.64. The molecule has 0 bridgehead atoms. The number of pyridine rings is 1. The number of anilines is 2. The third kappa shape index (κ3) is 4.42. The molecule has 9 nitrogen and oxygen atoms in total. The van der Waals surface area contributed by atoms with E-state index in [4.69, 9.17) is 26.2 Å². The second-order valence-electron chi connectivity index (χ2n) is 6.57. The highest BCUT2D eigenvalue weighted by atomic mass is 35.5. The molecule has 30 heavy (non-hydrogen) atoms. The van der Waals surface area contributed by atoms with Gasteiger partial charge in [0, 0.05) is 30.8 Å². The molecule has 3 heterocycles. The SMILES string of the molecule is C[C@H](CO)Oc1cnc(Oc2ccc3ncnc(Nc4ccn(C)n4)c3c2)c(Cl)c1. The van der Waals surface area contributed by atoms with E-state index < -0.39 is 0 Å². The fourth-order valence-corrected chi connectivity index (χ4v) is 2.93. The largest absolute Gasteiger partial charge is 0.487 e. The van der Waals surface area contributed by atoms with E-state index in [0.29, 0.717) is 23.1 Å². The minimum Gasteiger partial charge on any atom is -0.487 e. The van der Waals surface area contributed by atoms with E-state index in [0.717, 1.165) is 10.9 Å². The average molecular weight is 427 g/mol. The lowest BCUT2D eigenvalue weighted by Crippen LogP contribution is -2.16. The maximum atomic E-state index is 9.09. The van der Waals surface area contributed by atoms with Gasteiger partial charge in [0.05, 0.1) is 18.3 Å². The van der Waals surface area contributed by atoms with Crippen LogP contribution in [0.5, 0.6) is 17.4 Å². The summed E-state index contributed by atoms with van der Waals surface area (Å²) in [5, 5.41) is 17.6. The molecule has 4 rings (SSSR count). The Balaban J connectivity index is 1.60. The van der Waals surface area contributed by atoms with E-state index in [1.807, 2.05) is 25.4 Å². The summed E-state index contributed by atoms with van der Waals surface area (Å²) < 4.78 is 13.1. The van der Waals surface area contributed by atoms with Crippen molar-refractivity contribution < 1.29 is 14.6 Å². The lowest BCUT2D eigenvalue weighted by atomic mass is 10.2. The molecule has 0 radical (unpaired) electrons. The molecule has 0 amide bonds. The quantitative estimate of drug-likeness (QED) is 0.460. The third-order valence-corrected chi connectivity index (χ3v) is 4.43. The summed E-state index contributed by atoms with van der Waals surface area (Å²) in [6, 6.07) is 8.84. The fraction of sp³-hybridized carbons (Fsp3) is 0.200. The number of ether oxygens (including phenoxy) is 2. The molecule has 0 saturated carbocycles. The molecule has 154 valence electrons. The summed E-state index contributed by atoms with van der Waals surface area (Å²) in [5.41, 5.74) is 0.747. The van der Waals surface area contributed by atoms with Crippen LogP contribution in [0.2, 0.25) is 5.02 Å². The molecule has 0 spiro atoms. The second-order valence-corrected chi connectivity index (χ2v) is 6.98. The monoisotopic (exact) mass is 426 g/mol. The number of aliphatic hydroxyl groups is 1. The predicted octanol–water partition coefficient (Wildman–Crippen LogP) is 3.71. The van der Waals surface area contributed by atoms with Crippen molar-refractivity contribution in [2.24, 2.45) is 7.05 Å². The van der Waals surface area contributed by atoms with Gasteiger partial charge < -0.3 is 19.9 Å². The van der Waals surface area contributed by atoms with Gasteiger partial charge >= 0.3 is 0 Å². The first-order valence-corrected chi connectivity index (χ1v) is 9.52. The van der Waals surface area contributed by atoms with Crippen LogP contribution in [0, 0.1) is 0 Å². The summed E-state index contributed by atoms with van der Waals surface area (Å²) in [4.78, 5) is 12.8. The number of halogens is 1. The van der Waals surface area contributed by atoms with Crippen LogP contribution in [-0.4, -0.2) is 42.5 Å². The smallest absolute Gasteiger partial charge is 0.238 e. The molecule has 2 N–H and O–H groups in total. The number of hydrogen-bond donors (Lipinski definition) is 2. The molecule has 0 fully saturated rings. The molecule has 0 aliphatic carbocycles. The molecule has 1 atom stereocenters. The number of rotatable bonds is 7. The lowest BCUT2D eigenvalue weighted by molar-refractivity contribution is 0.129. The van der Waals surface area contributed by atoms with Gasteiger partial charge in [0.25, 0.3) is 0 Å². The van der Waals surface area contributed by atoms with Crippen molar-refractivity contribution in [3.8, 4) is 17.4 Å². The normalized spacial score (nSPS) is 12.0. The number of benzene rings is 1. The van der Waals surface area contributed by atoms with Crippen LogP contribution in [-0.2, 0) is 7.05 Å². The molecule has 3 aromatic heterocycles. The van der Waals surface area contributed by atoms with Crippen molar-refractivity contribution >= 4 is 34.1 Å². The highest BCUT2D eigenvalue weighted by Crippen LogP contribution is 2.33. The van der Waals surface area contributed by atoms with Gasteiger partial charge in [-0.2, -0.15) is 5.10 Å². The van der Waals surface area contributed by atoms with Gasteiger partial charge in [-0.15, -0.1) is 0 Å². The van der Waals surface area contributed by atoms with Gasteiger partial charge in [-0.3, -0.25) is 4.68 Å². The molecule has 0 aliphatic rings. The number of hydrogen-bond acceptors (Lipinski definition) is 8. The molecule has 0 unspecified atom stereocenters. The maximum Gasteiger partial charge on any atom is 0.238 e. The zero-order chi connectivity index (χ0) is 21.1. The molecule has 1 aromatic carbocycles. The Bertz CT molecular complexity index is 1180. The van der Waals surface area contributed by atoms with Crippen LogP contribution < -0.4 is 14.8 Å². The van der Waals surface area contributed by atoms with Gasteiger partial charge in [-0.1, -0.05) is 11.6 Å². The van der Waals surface area contributed by atoms with E-state index in [1.165, 1.54) is 12.5 Å². The van der Waals surface area contributed by atoms with Crippen molar-refractivity contribution in [1.82, 2.24) is 24.7 Å². The van der Waals surface area contributed by atoms with Crippen LogP contribution >= 0.6 is 11.6 Å².